The van der Waals surface area contributed by atoms with Crippen LogP contribution >= 0.6 is 11.6 Å². The highest BCUT2D eigenvalue weighted by molar-refractivity contribution is 6.51. The summed E-state index contributed by atoms with van der Waals surface area (Å²) >= 11 is 6.16. The molecule has 0 bridgehead atoms. The molecule has 1 saturated heterocycles. The van der Waals surface area contributed by atoms with Crippen molar-refractivity contribution in [2.24, 2.45) is 0 Å². The van der Waals surface area contributed by atoms with Crippen LogP contribution in [0.3, 0.4) is 0 Å². The van der Waals surface area contributed by atoms with Crippen molar-refractivity contribution in [3.05, 3.63) is 82.4 Å². The van der Waals surface area contributed by atoms with E-state index < -0.39 is 23.5 Å². The quantitative estimate of drug-likeness (QED) is 0.290. The molecule has 0 aromatic heterocycles. The Kier molecular flexibility index (Phi) is 6.57. The van der Waals surface area contributed by atoms with Gasteiger partial charge in [-0.3, -0.25) is 14.5 Å². The molecule has 0 aliphatic carbocycles. The zero-order valence-electron chi connectivity index (χ0n) is 19.1. The average Bonchev–Trinajstić information content (AvgIpc) is 3.14. The van der Waals surface area contributed by atoms with Crippen molar-refractivity contribution in [1.29, 1.82) is 0 Å². The Balaban J connectivity index is 1.96. The number of hydrogen-bond acceptors (Lipinski definition) is 7. The number of hydrogen-bond donors (Lipinski definition) is 2. The number of amides is 1. The molecule has 0 spiro atoms. The average molecular weight is 496 g/mol. The van der Waals surface area contributed by atoms with Gasteiger partial charge in [0.2, 0.25) is 0 Å². The fourth-order valence-electron chi connectivity index (χ4n) is 4.01. The second-order valence-electron chi connectivity index (χ2n) is 7.65. The summed E-state index contributed by atoms with van der Waals surface area (Å²) < 4.78 is 15.8. The molecule has 1 atom stereocenters. The van der Waals surface area contributed by atoms with Crippen molar-refractivity contribution in [3.8, 4) is 23.0 Å². The number of methoxy groups -OCH3 is 3. The van der Waals surface area contributed by atoms with Crippen LogP contribution in [0.1, 0.15) is 17.2 Å². The van der Waals surface area contributed by atoms with Crippen LogP contribution < -0.4 is 19.1 Å². The minimum absolute atomic E-state index is 0.0323. The summed E-state index contributed by atoms with van der Waals surface area (Å²) in [6.45, 7) is 0. The van der Waals surface area contributed by atoms with Gasteiger partial charge >= 0.3 is 0 Å². The van der Waals surface area contributed by atoms with Crippen LogP contribution in [0, 0.1) is 0 Å². The first kappa shape index (κ1) is 24.0. The van der Waals surface area contributed by atoms with E-state index in [1.807, 2.05) is 0 Å². The van der Waals surface area contributed by atoms with Crippen molar-refractivity contribution in [3.63, 3.8) is 0 Å². The van der Waals surface area contributed by atoms with Gasteiger partial charge in [-0.1, -0.05) is 23.7 Å². The number of phenolic OH excluding ortho intramolecular Hbond substituents is 1. The third-order valence-electron chi connectivity index (χ3n) is 5.72. The fourth-order valence-corrected chi connectivity index (χ4v) is 4.20. The van der Waals surface area contributed by atoms with E-state index in [1.54, 1.807) is 36.4 Å². The monoisotopic (exact) mass is 495 g/mol. The van der Waals surface area contributed by atoms with Gasteiger partial charge in [0.25, 0.3) is 11.7 Å². The number of carbonyl (C=O) groups is 2. The number of Topliss-reactive ketones (excluding diaryl/α,β-unsaturated/α-hetero) is 1. The molecule has 2 N–H and O–H groups in total. The number of nitrogens with zero attached hydrogens (tertiary/aromatic N) is 1. The van der Waals surface area contributed by atoms with Crippen LogP contribution in [-0.4, -0.2) is 43.2 Å². The number of ketones is 1. The molecule has 9 heteroatoms. The normalized spacial score (nSPS) is 16.9. The summed E-state index contributed by atoms with van der Waals surface area (Å²) in [7, 11) is 4.41. The maximum Gasteiger partial charge on any atom is 0.300 e. The first-order valence-corrected chi connectivity index (χ1v) is 10.8. The number of aliphatic hydroxyl groups excluding tert-OH is 1. The first-order valence-electron chi connectivity index (χ1n) is 10.5. The number of aromatic hydroxyl groups is 1. The van der Waals surface area contributed by atoms with E-state index in [0.29, 0.717) is 28.5 Å². The topological polar surface area (TPSA) is 106 Å². The molecule has 3 aromatic carbocycles. The predicted molar refractivity (Wildman–Crippen MR) is 130 cm³/mol. The van der Waals surface area contributed by atoms with E-state index in [2.05, 4.69) is 0 Å². The number of rotatable bonds is 6. The summed E-state index contributed by atoms with van der Waals surface area (Å²) in [5.41, 5.74) is 0.900. The van der Waals surface area contributed by atoms with E-state index in [-0.39, 0.29) is 21.9 Å². The highest BCUT2D eigenvalue weighted by Gasteiger charge is 2.47. The van der Waals surface area contributed by atoms with Crippen molar-refractivity contribution >= 4 is 34.7 Å². The predicted octanol–water partition coefficient (Wildman–Crippen LogP) is 4.70. The lowest BCUT2D eigenvalue weighted by Crippen LogP contribution is -2.29. The highest BCUT2D eigenvalue weighted by atomic mass is 35.5. The van der Waals surface area contributed by atoms with E-state index in [4.69, 9.17) is 25.8 Å². The number of benzene rings is 3. The molecular weight excluding hydrogens is 474 g/mol. The van der Waals surface area contributed by atoms with Gasteiger partial charge in [-0.2, -0.15) is 0 Å². The molecule has 4 rings (SSSR count). The Hall–Kier alpha value is -4.17. The van der Waals surface area contributed by atoms with Crippen LogP contribution in [0.25, 0.3) is 5.76 Å². The Labute approximate surface area is 206 Å². The summed E-state index contributed by atoms with van der Waals surface area (Å²) in [4.78, 5) is 27.8. The summed E-state index contributed by atoms with van der Waals surface area (Å²) in [5.74, 6) is -1.03. The third-order valence-corrected chi connectivity index (χ3v) is 6.02. The fraction of sp³-hybridized carbons (Fsp3) is 0.154. The van der Waals surface area contributed by atoms with Crippen molar-refractivity contribution in [1.82, 2.24) is 0 Å². The smallest absolute Gasteiger partial charge is 0.300 e. The Bertz CT molecular complexity index is 1350. The third kappa shape index (κ3) is 4.24. The number of anilines is 1. The van der Waals surface area contributed by atoms with Crippen molar-refractivity contribution < 1.29 is 34.0 Å². The zero-order chi connectivity index (χ0) is 25.3. The van der Waals surface area contributed by atoms with Gasteiger partial charge in [-0.25, -0.2) is 0 Å². The lowest BCUT2D eigenvalue weighted by Gasteiger charge is -2.26. The van der Waals surface area contributed by atoms with Crippen LogP contribution in [-0.2, 0) is 9.59 Å². The second-order valence-corrected chi connectivity index (χ2v) is 8.06. The second kappa shape index (κ2) is 9.60. The molecule has 0 radical (unpaired) electrons. The van der Waals surface area contributed by atoms with Gasteiger partial charge in [0.15, 0.2) is 11.5 Å². The van der Waals surface area contributed by atoms with Crippen molar-refractivity contribution in [2.75, 3.05) is 26.2 Å². The molecule has 0 saturated carbocycles. The van der Waals surface area contributed by atoms with Gasteiger partial charge in [0.05, 0.1) is 38.0 Å². The van der Waals surface area contributed by atoms with Crippen LogP contribution in [0.5, 0.6) is 23.0 Å². The van der Waals surface area contributed by atoms with E-state index in [9.17, 15) is 19.8 Å². The van der Waals surface area contributed by atoms with Crippen LogP contribution in [0.4, 0.5) is 5.69 Å². The lowest BCUT2D eigenvalue weighted by atomic mass is 9.95. The van der Waals surface area contributed by atoms with Gasteiger partial charge in [-0.05, 0) is 48.0 Å². The molecule has 1 amide bonds. The maximum atomic E-state index is 13.3. The Morgan fingerprint density at radius 1 is 0.914 bits per heavy atom. The van der Waals surface area contributed by atoms with Gasteiger partial charge in [0, 0.05) is 17.3 Å². The van der Waals surface area contributed by atoms with Gasteiger partial charge in [-0.15, -0.1) is 0 Å². The Morgan fingerprint density at radius 2 is 1.66 bits per heavy atom. The molecule has 35 heavy (non-hydrogen) atoms. The molecule has 180 valence electrons. The number of phenols is 1. The summed E-state index contributed by atoms with van der Waals surface area (Å²) in [6, 6.07) is 14.6. The highest BCUT2D eigenvalue weighted by Crippen LogP contribution is 2.44. The maximum absolute atomic E-state index is 13.3. The van der Waals surface area contributed by atoms with E-state index >= 15 is 0 Å². The number of carbonyl (C=O) groups excluding carboxylic acids is 2. The first-order chi connectivity index (χ1) is 16.8. The number of halogens is 1. The summed E-state index contributed by atoms with van der Waals surface area (Å²) in [6.07, 6.45) is 0. The van der Waals surface area contributed by atoms with Gasteiger partial charge in [0.1, 0.15) is 17.3 Å². The zero-order valence-corrected chi connectivity index (χ0v) is 19.9. The van der Waals surface area contributed by atoms with Crippen LogP contribution in [0.15, 0.2) is 66.2 Å². The van der Waals surface area contributed by atoms with E-state index in [1.165, 1.54) is 50.5 Å². The molecule has 1 heterocycles. The number of aliphatic hydroxyl groups is 1. The molecule has 1 fully saturated rings. The lowest BCUT2D eigenvalue weighted by molar-refractivity contribution is -0.132. The van der Waals surface area contributed by atoms with Crippen molar-refractivity contribution in [2.45, 2.75) is 6.04 Å². The largest absolute Gasteiger partial charge is 0.507 e. The van der Waals surface area contributed by atoms with Gasteiger partial charge < -0.3 is 24.4 Å². The summed E-state index contributed by atoms with van der Waals surface area (Å²) in [5, 5.41) is 21.2. The van der Waals surface area contributed by atoms with E-state index in [0.717, 1.165) is 0 Å². The molecule has 1 aliphatic rings. The minimum atomic E-state index is -1.03. The van der Waals surface area contributed by atoms with Crippen LogP contribution in [0.2, 0.25) is 5.02 Å². The molecule has 8 nitrogen and oxygen atoms in total. The molecule has 1 unspecified atom stereocenters. The molecule has 3 aromatic rings. The minimum Gasteiger partial charge on any atom is -0.507 e. The molecular formula is C26H22ClNO7. The Morgan fingerprint density at radius 3 is 2.31 bits per heavy atom. The number of ether oxygens (including phenoxy) is 3. The standard InChI is InChI=1S/C26H22ClNO7/c1-33-17-6-4-5-16(13-17)28-23(14-7-9-19(29)18(27)11-14)22(25(31)26(28)32)24(30)15-8-10-20(34-2)21(12-15)35-3/h4-13,23,29-30H,1-3H3/b24-22-. The molecule has 1 aliphatic heterocycles. The SMILES string of the molecule is COc1cccc(N2C(=O)C(=O)/C(=C(\O)c3ccc(OC)c(OC)c3)C2c2ccc(O)c(Cl)c2)c1.